The molecule has 0 amide bonds. The van der Waals surface area contributed by atoms with Crippen LogP contribution in [0.4, 0.5) is 0 Å². The molecule has 0 N–H and O–H groups in total. The third kappa shape index (κ3) is 1.87. The highest BCUT2D eigenvalue weighted by molar-refractivity contribution is 6.69. The fraction of sp³-hybridized carbons (Fsp3) is 0.100. The van der Waals surface area contributed by atoms with Gasteiger partial charge in [-0.15, -0.1) is 0 Å². The van der Waals surface area contributed by atoms with Gasteiger partial charge in [-0.3, -0.25) is 9.59 Å². The molecule has 17 heavy (non-hydrogen) atoms. The van der Waals surface area contributed by atoms with Crippen LogP contribution in [0.1, 0.15) is 20.7 Å². The Morgan fingerprint density at radius 3 is 2.41 bits per heavy atom. The van der Waals surface area contributed by atoms with Crippen LogP contribution in [0.3, 0.4) is 0 Å². The normalized spacial score (nSPS) is 10.8. The molecule has 0 atom stereocenters. The van der Waals surface area contributed by atoms with E-state index >= 15 is 0 Å². The molecule has 88 valence electrons. The summed E-state index contributed by atoms with van der Waals surface area (Å²) in [6.45, 7) is 0. The minimum Gasteiger partial charge on any atom is -0.335 e. The Bertz CT molecular complexity index is 698. The lowest BCUT2D eigenvalue weighted by atomic mass is 10.1. The molecule has 0 spiro atoms. The molecule has 2 aromatic rings. The van der Waals surface area contributed by atoms with Gasteiger partial charge in [0.05, 0.1) is 10.9 Å². The largest absolute Gasteiger partial charge is 0.365 e. The van der Waals surface area contributed by atoms with Gasteiger partial charge in [-0.2, -0.15) is 0 Å². The third-order valence-corrected chi connectivity index (χ3v) is 2.73. The van der Waals surface area contributed by atoms with E-state index in [9.17, 15) is 14.4 Å². The first-order valence-corrected chi connectivity index (χ1v) is 5.21. The maximum atomic E-state index is 11.5. The average Bonchev–Trinajstić information content (AvgIpc) is 2.53. The Kier molecular flexibility index (Phi) is 2.81. The highest BCUT2D eigenvalue weighted by Gasteiger charge is 2.18. The summed E-state index contributed by atoms with van der Waals surface area (Å²) in [6.07, 6.45) is 0. The summed E-state index contributed by atoms with van der Waals surface area (Å²) in [6, 6.07) is 2.49. The standard InChI is InChI=1S/C10H5Cl2NO4/c1-13-7-5(9(12)15)2-4(8(11)14)3-6(7)10(16)17-13/h2-3H,1H3. The summed E-state index contributed by atoms with van der Waals surface area (Å²) in [5, 5.41) is -1.50. The van der Waals surface area contributed by atoms with Crippen LogP contribution in [-0.2, 0) is 7.05 Å². The van der Waals surface area contributed by atoms with E-state index in [4.69, 9.17) is 27.7 Å². The summed E-state index contributed by atoms with van der Waals surface area (Å²) in [4.78, 5) is 33.8. The molecule has 0 aliphatic heterocycles. The van der Waals surface area contributed by atoms with Crippen LogP contribution in [0.25, 0.3) is 10.9 Å². The fourth-order valence-electron chi connectivity index (χ4n) is 1.61. The molecule has 0 bridgehead atoms. The molecule has 0 saturated carbocycles. The van der Waals surface area contributed by atoms with Crippen molar-refractivity contribution in [2.45, 2.75) is 0 Å². The molecule has 1 aromatic carbocycles. The summed E-state index contributed by atoms with van der Waals surface area (Å²) >= 11 is 10.7. The number of hydrogen-bond donors (Lipinski definition) is 0. The molecular formula is C10H5Cl2NO4. The summed E-state index contributed by atoms with van der Waals surface area (Å²) in [5.41, 5.74) is -0.415. The summed E-state index contributed by atoms with van der Waals surface area (Å²) < 4.78 is 5.91. The topological polar surface area (TPSA) is 69.3 Å². The van der Waals surface area contributed by atoms with E-state index in [1.165, 1.54) is 19.2 Å². The van der Waals surface area contributed by atoms with Gasteiger partial charge < -0.3 is 4.52 Å². The quantitative estimate of drug-likeness (QED) is 0.784. The van der Waals surface area contributed by atoms with Crippen molar-refractivity contribution in [1.82, 2.24) is 4.74 Å². The number of carbonyl (C=O) groups excluding carboxylic acids is 2. The van der Waals surface area contributed by atoms with Gasteiger partial charge in [-0.05, 0) is 35.3 Å². The molecule has 2 rings (SSSR count). The number of carbonyl (C=O) groups is 2. The van der Waals surface area contributed by atoms with Gasteiger partial charge >= 0.3 is 5.63 Å². The van der Waals surface area contributed by atoms with E-state index in [1.54, 1.807) is 0 Å². The molecule has 0 fully saturated rings. The van der Waals surface area contributed by atoms with Crippen molar-refractivity contribution in [3.8, 4) is 0 Å². The van der Waals surface area contributed by atoms with Crippen molar-refractivity contribution in [3.05, 3.63) is 33.7 Å². The first kappa shape index (κ1) is 11.9. The molecule has 0 radical (unpaired) electrons. The average molecular weight is 274 g/mol. The first-order valence-electron chi connectivity index (χ1n) is 4.45. The molecule has 1 aromatic heterocycles. The van der Waals surface area contributed by atoms with Gasteiger partial charge in [0.25, 0.3) is 10.5 Å². The molecule has 0 saturated heterocycles. The maximum absolute atomic E-state index is 11.5. The number of rotatable bonds is 2. The van der Waals surface area contributed by atoms with Crippen LogP contribution in [0, 0.1) is 0 Å². The smallest absolute Gasteiger partial charge is 0.335 e. The van der Waals surface area contributed by atoms with E-state index in [1.807, 2.05) is 0 Å². The van der Waals surface area contributed by atoms with Gasteiger partial charge in [-0.1, -0.05) is 0 Å². The van der Waals surface area contributed by atoms with Crippen LogP contribution in [0.5, 0.6) is 0 Å². The SMILES string of the molecule is Cn1oc(=O)c2cc(C(=O)Cl)cc(C(=O)Cl)c21. The first-order chi connectivity index (χ1) is 7.91. The predicted octanol–water partition coefficient (Wildman–Crippen LogP) is 1.89. The van der Waals surface area contributed by atoms with Gasteiger partial charge in [0.15, 0.2) is 0 Å². The zero-order valence-corrected chi connectivity index (χ0v) is 10.0. The number of nitrogens with zero attached hydrogens (tertiary/aromatic N) is 1. The second-order valence-electron chi connectivity index (χ2n) is 3.34. The zero-order chi connectivity index (χ0) is 12.7. The van der Waals surface area contributed by atoms with Crippen molar-refractivity contribution >= 4 is 44.6 Å². The lowest BCUT2D eigenvalue weighted by Gasteiger charge is -2.01. The second-order valence-corrected chi connectivity index (χ2v) is 4.03. The minimum absolute atomic E-state index is 0.00140. The zero-order valence-electron chi connectivity index (χ0n) is 8.49. The summed E-state index contributed by atoms with van der Waals surface area (Å²) in [7, 11) is 1.45. The van der Waals surface area contributed by atoms with Crippen LogP contribution in [0.15, 0.2) is 21.5 Å². The Hall–Kier alpha value is -1.59. The Morgan fingerprint density at radius 2 is 1.88 bits per heavy atom. The van der Waals surface area contributed by atoms with Crippen molar-refractivity contribution < 1.29 is 14.1 Å². The van der Waals surface area contributed by atoms with Crippen molar-refractivity contribution in [1.29, 1.82) is 0 Å². The van der Waals surface area contributed by atoms with Crippen molar-refractivity contribution in [2.24, 2.45) is 7.05 Å². The second kappa shape index (κ2) is 4.01. The lowest BCUT2D eigenvalue weighted by molar-refractivity contribution is 0.108. The molecule has 7 heteroatoms. The van der Waals surface area contributed by atoms with Crippen molar-refractivity contribution in [3.63, 3.8) is 0 Å². The predicted molar refractivity (Wildman–Crippen MR) is 61.8 cm³/mol. The maximum Gasteiger partial charge on any atom is 0.365 e. The van der Waals surface area contributed by atoms with E-state index in [0.717, 1.165) is 4.74 Å². The van der Waals surface area contributed by atoms with E-state index in [-0.39, 0.29) is 22.0 Å². The summed E-state index contributed by atoms with van der Waals surface area (Å²) in [5.74, 6) is 0. The Labute approximate surface area is 104 Å². The Morgan fingerprint density at radius 1 is 1.24 bits per heavy atom. The number of fused-ring (bicyclic) bond motifs is 1. The molecule has 0 unspecified atom stereocenters. The van der Waals surface area contributed by atoms with Crippen molar-refractivity contribution in [2.75, 3.05) is 0 Å². The minimum atomic E-state index is -0.800. The van der Waals surface area contributed by atoms with Gasteiger partial charge in [0, 0.05) is 12.6 Å². The van der Waals surface area contributed by atoms with Crippen LogP contribution >= 0.6 is 23.2 Å². The number of aryl methyl sites for hydroxylation is 1. The molecule has 0 aliphatic carbocycles. The van der Waals surface area contributed by atoms with E-state index < -0.39 is 16.1 Å². The van der Waals surface area contributed by atoms with Crippen LogP contribution < -0.4 is 5.63 Å². The number of hydrogen-bond acceptors (Lipinski definition) is 4. The Balaban J connectivity index is 2.98. The molecule has 0 aliphatic rings. The van der Waals surface area contributed by atoms with Crippen LogP contribution in [0.2, 0.25) is 0 Å². The highest BCUT2D eigenvalue weighted by Crippen LogP contribution is 2.21. The molecule has 5 nitrogen and oxygen atoms in total. The number of benzene rings is 1. The highest BCUT2D eigenvalue weighted by atomic mass is 35.5. The van der Waals surface area contributed by atoms with Gasteiger partial charge in [0.1, 0.15) is 5.52 Å². The van der Waals surface area contributed by atoms with E-state index in [2.05, 4.69) is 0 Å². The lowest BCUT2D eigenvalue weighted by Crippen LogP contribution is -2.00. The fourth-order valence-corrected chi connectivity index (χ4v) is 1.86. The van der Waals surface area contributed by atoms with Gasteiger partial charge in [0.2, 0.25) is 0 Å². The number of aromatic nitrogens is 1. The third-order valence-electron chi connectivity index (χ3n) is 2.30. The molecule has 1 heterocycles. The van der Waals surface area contributed by atoms with Gasteiger partial charge in [-0.25, -0.2) is 9.53 Å². The van der Waals surface area contributed by atoms with Crippen LogP contribution in [-0.4, -0.2) is 15.2 Å². The molecular weight excluding hydrogens is 269 g/mol. The monoisotopic (exact) mass is 273 g/mol. The number of halogens is 2. The van der Waals surface area contributed by atoms with E-state index in [0.29, 0.717) is 0 Å².